The van der Waals surface area contributed by atoms with Gasteiger partial charge in [0.05, 0.1) is 17.6 Å². The molecule has 0 aliphatic heterocycles. The van der Waals surface area contributed by atoms with Gasteiger partial charge in [0.1, 0.15) is 0 Å². The van der Waals surface area contributed by atoms with E-state index in [2.05, 4.69) is 14.9 Å². The van der Waals surface area contributed by atoms with Gasteiger partial charge in [-0.3, -0.25) is 0 Å². The Morgan fingerprint density at radius 2 is 2.00 bits per heavy atom. The second-order valence-electron chi connectivity index (χ2n) is 6.27. The fraction of sp³-hybridized carbons (Fsp3) is 0.800. The number of hydrogen-bond acceptors (Lipinski definition) is 3. The fourth-order valence-electron chi connectivity index (χ4n) is 3.14. The summed E-state index contributed by atoms with van der Waals surface area (Å²) in [5, 5.41) is 14.0. The zero-order chi connectivity index (χ0) is 13.1. The van der Waals surface area contributed by atoms with Gasteiger partial charge in [-0.2, -0.15) is 0 Å². The molecule has 1 aromatic heterocycles. The molecule has 2 fully saturated rings. The maximum atomic E-state index is 10.6. The topological polar surface area (TPSA) is 50.1 Å². The van der Waals surface area contributed by atoms with Gasteiger partial charge < -0.3 is 15.0 Å². The lowest BCUT2D eigenvalue weighted by Crippen LogP contribution is -2.40. The number of nitrogens with zero attached hydrogens (tertiary/aromatic N) is 2. The number of rotatable bonds is 5. The van der Waals surface area contributed by atoms with E-state index >= 15 is 0 Å². The van der Waals surface area contributed by atoms with Crippen LogP contribution in [0.4, 0.5) is 0 Å². The van der Waals surface area contributed by atoms with Crippen molar-refractivity contribution >= 4 is 0 Å². The van der Waals surface area contributed by atoms with Crippen LogP contribution in [0.5, 0.6) is 0 Å². The van der Waals surface area contributed by atoms with Crippen molar-refractivity contribution in [2.24, 2.45) is 0 Å². The average Bonchev–Trinajstić information content (AvgIpc) is 3.17. The van der Waals surface area contributed by atoms with Gasteiger partial charge in [-0.05, 0) is 25.7 Å². The molecule has 19 heavy (non-hydrogen) atoms. The van der Waals surface area contributed by atoms with Gasteiger partial charge in [-0.1, -0.05) is 25.7 Å². The van der Waals surface area contributed by atoms with Gasteiger partial charge in [0.2, 0.25) is 0 Å². The lowest BCUT2D eigenvalue weighted by molar-refractivity contribution is 0.0249. The standard InChI is InChI=1S/C15H25N3O/c19-15(7-3-1-2-4-8-15)11-16-9-14-10-17-12-18(14)13-5-6-13/h10,12-13,16,19H,1-9,11H2. The van der Waals surface area contributed by atoms with E-state index in [1.54, 1.807) is 0 Å². The van der Waals surface area contributed by atoms with Crippen LogP contribution in [0.25, 0.3) is 0 Å². The zero-order valence-electron chi connectivity index (χ0n) is 11.6. The lowest BCUT2D eigenvalue weighted by atomic mass is 9.94. The summed E-state index contributed by atoms with van der Waals surface area (Å²) in [7, 11) is 0. The highest BCUT2D eigenvalue weighted by Gasteiger charge is 2.28. The van der Waals surface area contributed by atoms with Crippen molar-refractivity contribution in [1.29, 1.82) is 0 Å². The summed E-state index contributed by atoms with van der Waals surface area (Å²) in [4.78, 5) is 4.24. The number of aromatic nitrogens is 2. The predicted octanol–water partition coefficient (Wildman–Crippen LogP) is 2.39. The molecule has 2 saturated carbocycles. The van der Waals surface area contributed by atoms with E-state index in [0.717, 1.165) is 32.2 Å². The van der Waals surface area contributed by atoms with Gasteiger partial charge in [-0.25, -0.2) is 4.98 Å². The van der Waals surface area contributed by atoms with E-state index in [1.165, 1.54) is 31.4 Å². The lowest BCUT2D eigenvalue weighted by Gasteiger charge is -2.27. The van der Waals surface area contributed by atoms with Crippen LogP contribution in [0, 0.1) is 0 Å². The van der Waals surface area contributed by atoms with E-state index in [-0.39, 0.29) is 0 Å². The molecule has 2 aliphatic rings. The third-order valence-electron chi connectivity index (χ3n) is 4.48. The van der Waals surface area contributed by atoms with Crippen molar-refractivity contribution in [3.05, 3.63) is 18.2 Å². The predicted molar refractivity (Wildman–Crippen MR) is 74.9 cm³/mol. The van der Waals surface area contributed by atoms with E-state index in [4.69, 9.17) is 0 Å². The second-order valence-corrected chi connectivity index (χ2v) is 6.27. The Kier molecular flexibility index (Phi) is 3.89. The van der Waals surface area contributed by atoms with Crippen molar-refractivity contribution in [1.82, 2.24) is 14.9 Å². The van der Waals surface area contributed by atoms with E-state index < -0.39 is 5.60 Å². The molecule has 1 heterocycles. The Labute approximate surface area is 115 Å². The number of aliphatic hydroxyl groups is 1. The molecule has 0 atom stereocenters. The molecule has 2 N–H and O–H groups in total. The van der Waals surface area contributed by atoms with Crippen molar-refractivity contribution < 1.29 is 5.11 Å². The molecule has 0 radical (unpaired) electrons. The van der Waals surface area contributed by atoms with Crippen LogP contribution >= 0.6 is 0 Å². The SMILES string of the molecule is OC1(CNCc2cncn2C2CC2)CCCCCC1. The van der Waals surface area contributed by atoms with Crippen LogP contribution in [0.15, 0.2) is 12.5 Å². The van der Waals surface area contributed by atoms with E-state index in [0.29, 0.717) is 12.6 Å². The van der Waals surface area contributed by atoms with Crippen LogP contribution in [0.3, 0.4) is 0 Å². The molecule has 0 saturated heterocycles. The zero-order valence-corrected chi connectivity index (χ0v) is 11.6. The molecule has 0 unspecified atom stereocenters. The minimum Gasteiger partial charge on any atom is -0.389 e. The molecule has 0 spiro atoms. The molecule has 4 heteroatoms. The maximum absolute atomic E-state index is 10.6. The first-order valence-corrected chi connectivity index (χ1v) is 7.71. The minimum atomic E-state index is -0.485. The molecule has 106 valence electrons. The van der Waals surface area contributed by atoms with E-state index in [1.807, 2.05) is 12.5 Å². The first kappa shape index (κ1) is 13.1. The molecule has 0 amide bonds. The van der Waals surface area contributed by atoms with Crippen LogP contribution in [0.2, 0.25) is 0 Å². The first-order valence-electron chi connectivity index (χ1n) is 7.71. The Morgan fingerprint density at radius 1 is 1.26 bits per heavy atom. The molecule has 3 rings (SSSR count). The maximum Gasteiger partial charge on any atom is 0.0951 e. The monoisotopic (exact) mass is 263 g/mol. The summed E-state index contributed by atoms with van der Waals surface area (Å²) in [6.07, 6.45) is 13.2. The van der Waals surface area contributed by atoms with Gasteiger partial charge in [0.25, 0.3) is 0 Å². The highest BCUT2D eigenvalue weighted by Crippen LogP contribution is 2.35. The van der Waals surface area contributed by atoms with Crippen molar-refractivity contribution in [2.45, 2.75) is 69.6 Å². The van der Waals surface area contributed by atoms with Gasteiger partial charge in [0.15, 0.2) is 0 Å². The summed E-state index contributed by atoms with van der Waals surface area (Å²) < 4.78 is 2.28. The van der Waals surface area contributed by atoms with Crippen LogP contribution in [0.1, 0.15) is 63.1 Å². The van der Waals surface area contributed by atoms with Crippen LogP contribution in [-0.4, -0.2) is 26.8 Å². The van der Waals surface area contributed by atoms with Crippen molar-refractivity contribution in [3.63, 3.8) is 0 Å². The number of imidazole rings is 1. The number of nitrogens with one attached hydrogen (secondary N) is 1. The van der Waals surface area contributed by atoms with Crippen LogP contribution in [-0.2, 0) is 6.54 Å². The highest BCUT2D eigenvalue weighted by molar-refractivity contribution is 5.03. The molecular weight excluding hydrogens is 238 g/mol. The van der Waals surface area contributed by atoms with Crippen molar-refractivity contribution in [3.8, 4) is 0 Å². The Bertz CT molecular complexity index is 403. The Hall–Kier alpha value is -0.870. The van der Waals surface area contributed by atoms with Crippen molar-refractivity contribution in [2.75, 3.05) is 6.54 Å². The largest absolute Gasteiger partial charge is 0.389 e. The van der Waals surface area contributed by atoms with E-state index in [9.17, 15) is 5.11 Å². The summed E-state index contributed by atoms with van der Waals surface area (Å²) in [6, 6.07) is 0.681. The molecular formula is C15H25N3O. The summed E-state index contributed by atoms with van der Waals surface area (Å²) in [6.45, 7) is 1.53. The first-order chi connectivity index (χ1) is 9.27. The molecule has 0 bridgehead atoms. The van der Waals surface area contributed by atoms with Gasteiger partial charge in [0, 0.05) is 25.3 Å². The summed E-state index contributed by atoms with van der Waals surface area (Å²) in [5.41, 5.74) is 0.765. The molecule has 0 aromatic carbocycles. The fourth-order valence-corrected chi connectivity index (χ4v) is 3.14. The minimum absolute atomic E-state index is 0.485. The molecule has 4 nitrogen and oxygen atoms in total. The van der Waals surface area contributed by atoms with Gasteiger partial charge in [-0.15, -0.1) is 0 Å². The molecule has 1 aromatic rings. The second kappa shape index (κ2) is 5.63. The third-order valence-corrected chi connectivity index (χ3v) is 4.48. The summed E-state index contributed by atoms with van der Waals surface area (Å²) >= 11 is 0. The average molecular weight is 263 g/mol. The third kappa shape index (κ3) is 3.37. The van der Waals surface area contributed by atoms with Crippen LogP contribution < -0.4 is 5.32 Å². The summed E-state index contributed by atoms with van der Waals surface area (Å²) in [5.74, 6) is 0. The smallest absolute Gasteiger partial charge is 0.0951 e. The number of hydrogen-bond donors (Lipinski definition) is 2. The normalized spacial score (nSPS) is 23.2. The highest BCUT2D eigenvalue weighted by atomic mass is 16.3. The quantitative estimate of drug-likeness (QED) is 0.802. The Morgan fingerprint density at radius 3 is 2.68 bits per heavy atom. The van der Waals surface area contributed by atoms with Gasteiger partial charge >= 0.3 is 0 Å². The molecule has 2 aliphatic carbocycles. The Balaban J connectivity index is 1.50.